The summed E-state index contributed by atoms with van der Waals surface area (Å²) in [6.07, 6.45) is 0.752. The minimum absolute atomic E-state index is 0.0444. The van der Waals surface area contributed by atoms with E-state index in [0.717, 1.165) is 16.8 Å². The van der Waals surface area contributed by atoms with Crippen LogP contribution in [0.15, 0.2) is 18.2 Å². The zero-order valence-electron chi connectivity index (χ0n) is 14.0. The summed E-state index contributed by atoms with van der Waals surface area (Å²) in [6, 6.07) is 4.97. The summed E-state index contributed by atoms with van der Waals surface area (Å²) in [5.41, 5.74) is 2.47. The third-order valence-corrected chi connectivity index (χ3v) is 7.33. The van der Waals surface area contributed by atoms with Gasteiger partial charge < -0.3 is 5.32 Å². The first-order chi connectivity index (χ1) is 12.2. The topological polar surface area (TPSA) is 81.1 Å². The highest BCUT2D eigenvalue weighted by molar-refractivity contribution is 7.91. The Kier molecular flexibility index (Phi) is 4.28. The maximum atomic E-state index is 12.4. The van der Waals surface area contributed by atoms with E-state index in [1.807, 2.05) is 13.0 Å². The number of amides is 1. The Bertz CT molecular complexity index is 1020. The SMILES string of the molecule is Cc1nn([C@@H]2CCS(=O)(=O)C2)c2c1[C@H](c1ccc(Cl)cc1Cl)CC(=O)N2. The van der Waals surface area contributed by atoms with Crippen LogP contribution in [0, 0.1) is 6.92 Å². The molecule has 0 unspecified atom stereocenters. The van der Waals surface area contributed by atoms with Crippen LogP contribution >= 0.6 is 23.2 Å². The van der Waals surface area contributed by atoms with Crippen molar-refractivity contribution in [3.05, 3.63) is 45.1 Å². The molecule has 2 aromatic rings. The highest BCUT2D eigenvalue weighted by Gasteiger charge is 2.37. The zero-order valence-corrected chi connectivity index (χ0v) is 16.3. The van der Waals surface area contributed by atoms with Crippen LogP contribution in [-0.2, 0) is 14.6 Å². The second kappa shape index (κ2) is 6.25. The van der Waals surface area contributed by atoms with Gasteiger partial charge in [0.15, 0.2) is 9.84 Å². The zero-order chi connectivity index (χ0) is 18.6. The molecule has 2 aliphatic rings. The van der Waals surface area contributed by atoms with Crippen molar-refractivity contribution in [2.75, 3.05) is 16.8 Å². The quantitative estimate of drug-likeness (QED) is 0.818. The minimum Gasteiger partial charge on any atom is -0.311 e. The minimum atomic E-state index is -3.06. The molecule has 1 aromatic carbocycles. The Hall–Kier alpha value is -1.57. The summed E-state index contributed by atoms with van der Waals surface area (Å²) in [7, 11) is -3.06. The smallest absolute Gasteiger partial charge is 0.226 e. The van der Waals surface area contributed by atoms with Crippen molar-refractivity contribution in [1.82, 2.24) is 9.78 Å². The van der Waals surface area contributed by atoms with Crippen LogP contribution in [0.1, 0.15) is 41.6 Å². The van der Waals surface area contributed by atoms with Crippen LogP contribution in [0.4, 0.5) is 5.82 Å². The fourth-order valence-electron chi connectivity index (χ4n) is 3.85. The molecule has 1 aromatic heterocycles. The monoisotopic (exact) mass is 413 g/mol. The van der Waals surface area contributed by atoms with Crippen LogP contribution in [-0.4, -0.2) is 35.6 Å². The molecular formula is C17H17Cl2N3O3S. The van der Waals surface area contributed by atoms with Gasteiger partial charge in [-0.2, -0.15) is 5.10 Å². The number of rotatable bonds is 2. The molecule has 4 rings (SSSR count). The highest BCUT2D eigenvalue weighted by atomic mass is 35.5. The summed E-state index contributed by atoms with van der Waals surface area (Å²) in [5, 5.41) is 8.48. The van der Waals surface area contributed by atoms with E-state index in [-0.39, 0.29) is 35.8 Å². The number of carbonyl (C=O) groups excluding carboxylic acids is 1. The number of aromatic nitrogens is 2. The van der Waals surface area contributed by atoms with Crippen molar-refractivity contribution in [3.63, 3.8) is 0 Å². The summed E-state index contributed by atoms with van der Waals surface area (Å²) >= 11 is 12.4. The predicted molar refractivity (Wildman–Crippen MR) is 101 cm³/mol. The third kappa shape index (κ3) is 3.02. The van der Waals surface area contributed by atoms with E-state index < -0.39 is 9.84 Å². The third-order valence-electron chi connectivity index (χ3n) is 5.02. The number of halogens is 2. The molecule has 0 spiro atoms. The fraction of sp³-hybridized carbons (Fsp3) is 0.412. The molecule has 26 heavy (non-hydrogen) atoms. The van der Waals surface area contributed by atoms with E-state index in [1.165, 1.54) is 0 Å². The number of nitrogens with zero attached hydrogens (tertiary/aromatic N) is 2. The van der Waals surface area contributed by atoms with Crippen LogP contribution in [0.3, 0.4) is 0 Å². The molecule has 3 heterocycles. The van der Waals surface area contributed by atoms with Crippen LogP contribution in [0.5, 0.6) is 0 Å². The van der Waals surface area contributed by atoms with Gasteiger partial charge in [-0.15, -0.1) is 0 Å². The molecule has 2 atom stereocenters. The van der Waals surface area contributed by atoms with Crippen molar-refractivity contribution < 1.29 is 13.2 Å². The summed E-state index contributed by atoms with van der Waals surface area (Å²) in [6.45, 7) is 1.87. The summed E-state index contributed by atoms with van der Waals surface area (Å²) in [5.74, 6) is 0.386. The Morgan fingerprint density at radius 3 is 2.73 bits per heavy atom. The molecule has 0 radical (unpaired) electrons. The van der Waals surface area contributed by atoms with Gasteiger partial charge in [0.05, 0.1) is 23.2 Å². The van der Waals surface area contributed by atoms with Crippen LogP contribution in [0.25, 0.3) is 0 Å². The number of hydrogen-bond donors (Lipinski definition) is 1. The van der Waals surface area contributed by atoms with E-state index in [2.05, 4.69) is 10.4 Å². The molecule has 0 aliphatic carbocycles. The van der Waals surface area contributed by atoms with E-state index in [1.54, 1.807) is 16.8 Å². The van der Waals surface area contributed by atoms with E-state index in [9.17, 15) is 13.2 Å². The molecule has 138 valence electrons. The fourth-order valence-corrected chi connectivity index (χ4v) is 6.09. The van der Waals surface area contributed by atoms with Crippen molar-refractivity contribution in [2.45, 2.75) is 31.7 Å². The molecule has 0 saturated carbocycles. The van der Waals surface area contributed by atoms with Crippen molar-refractivity contribution in [2.24, 2.45) is 0 Å². The van der Waals surface area contributed by atoms with Crippen molar-refractivity contribution in [3.8, 4) is 0 Å². The molecule has 6 nitrogen and oxygen atoms in total. The average Bonchev–Trinajstić information content (AvgIpc) is 3.06. The first-order valence-electron chi connectivity index (χ1n) is 8.29. The number of fused-ring (bicyclic) bond motifs is 1. The first-order valence-corrected chi connectivity index (χ1v) is 10.9. The van der Waals surface area contributed by atoms with E-state index >= 15 is 0 Å². The molecule has 9 heteroatoms. The lowest BCUT2D eigenvalue weighted by Crippen LogP contribution is -2.26. The normalized spacial score (nSPS) is 24.3. The van der Waals surface area contributed by atoms with Crippen LogP contribution in [0.2, 0.25) is 10.0 Å². The standard InChI is InChI=1S/C17H17Cl2N3O3S/c1-9-16-13(12-3-2-10(18)6-14(12)19)7-15(23)20-17(16)22(21-9)11-4-5-26(24,25)8-11/h2-3,6,11,13H,4-5,7-8H2,1H3,(H,20,23)/t11-,13+/m1/s1. The van der Waals surface area contributed by atoms with Gasteiger partial charge in [-0.05, 0) is 31.0 Å². The molecule has 1 fully saturated rings. The second-order valence-corrected chi connectivity index (χ2v) is 9.89. The highest BCUT2D eigenvalue weighted by Crippen LogP contribution is 2.43. The van der Waals surface area contributed by atoms with Gasteiger partial charge in [0, 0.05) is 27.9 Å². The molecular weight excluding hydrogens is 397 g/mol. The van der Waals surface area contributed by atoms with Gasteiger partial charge in [-0.3, -0.25) is 4.79 Å². The lowest BCUT2D eigenvalue weighted by molar-refractivity contribution is -0.116. The molecule has 1 saturated heterocycles. The maximum absolute atomic E-state index is 12.4. The predicted octanol–water partition coefficient (Wildman–Crippen LogP) is 3.33. The number of anilines is 1. The van der Waals surface area contributed by atoms with E-state index in [0.29, 0.717) is 22.3 Å². The number of carbonyl (C=O) groups is 1. The van der Waals surface area contributed by atoms with Gasteiger partial charge in [-0.25, -0.2) is 13.1 Å². The Balaban J connectivity index is 1.82. The Labute approximate surface area is 161 Å². The number of nitrogens with one attached hydrogen (secondary N) is 1. The number of sulfone groups is 1. The largest absolute Gasteiger partial charge is 0.311 e. The van der Waals surface area contributed by atoms with Crippen molar-refractivity contribution in [1.29, 1.82) is 0 Å². The maximum Gasteiger partial charge on any atom is 0.226 e. The van der Waals surface area contributed by atoms with Gasteiger partial charge in [0.2, 0.25) is 5.91 Å². The molecule has 0 bridgehead atoms. The molecule has 1 N–H and O–H groups in total. The average molecular weight is 414 g/mol. The second-order valence-electron chi connectivity index (χ2n) is 6.82. The first kappa shape index (κ1) is 17.8. The molecule has 2 aliphatic heterocycles. The van der Waals surface area contributed by atoms with Gasteiger partial charge in [0.1, 0.15) is 5.82 Å². The Morgan fingerprint density at radius 1 is 1.31 bits per heavy atom. The summed E-state index contributed by atoms with van der Waals surface area (Å²) < 4.78 is 25.4. The summed E-state index contributed by atoms with van der Waals surface area (Å²) in [4.78, 5) is 12.4. The number of aryl methyl sites for hydroxylation is 1. The molecule has 1 amide bonds. The lowest BCUT2D eigenvalue weighted by Gasteiger charge is -2.26. The van der Waals surface area contributed by atoms with Crippen molar-refractivity contribution >= 4 is 44.8 Å². The van der Waals surface area contributed by atoms with Gasteiger partial charge in [-0.1, -0.05) is 29.3 Å². The van der Waals surface area contributed by atoms with Crippen LogP contribution < -0.4 is 5.32 Å². The Morgan fingerprint density at radius 2 is 2.08 bits per heavy atom. The van der Waals surface area contributed by atoms with E-state index in [4.69, 9.17) is 23.2 Å². The van der Waals surface area contributed by atoms with Gasteiger partial charge in [0.25, 0.3) is 0 Å². The number of benzene rings is 1. The lowest BCUT2D eigenvalue weighted by atomic mass is 9.85. The van der Waals surface area contributed by atoms with Gasteiger partial charge >= 0.3 is 0 Å². The number of hydrogen-bond acceptors (Lipinski definition) is 4.